The smallest absolute Gasteiger partial charge is 0.265 e. The van der Waals surface area contributed by atoms with Gasteiger partial charge in [-0.3, -0.25) is 85.8 Å². The number of aromatic nitrogens is 1. The van der Waals surface area contributed by atoms with Gasteiger partial charge in [-0.25, -0.2) is 4.98 Å². The highest BCUT2D eigenvalue weighted by Crippen LogP contribution is 2.55. The number of pyridine rings is 1. The number of nitro groups is 8. The van der Waals surface area contributed by atoms with Crippen LogP contribution in [-0.2, 0) is 0 Å². The van der Waals surface area contributed by atoms with Gasteiger partial charge in [0.15, 0.2) is 0 Å². The Morgan fingerprint density at radius 1 is 0.465 bits per heavy atom. The van der Waals surface area contributed by atoms with Crippen LogP contribution in [0.2, 0.25) is 0 Å². The third kappa shape index (κ3) is 5.39. The topological polar surface area (TPSA) is 361 Å². The Bertz CT molecular complexity index is 1660. The van der Waals surface area contributed by atoms with Crippen molar-refractivity contribution in [1.29, 1.82) is 0 Å². The Morgan fingerprint density at radius 3 is 1.05 bits per heavy atom. The fourth-order valence-corrected chi connectivity index (χ4v) is 3.65. The van der Waals surface area contributed by atoms with E-state index in [1.165, 1.54) is 0 Å². The maximum absolute atomic E-state index is 12.0. The Kier molecular flexibility index (Phi) is 7.70. The van der Waals surface area contributed by atoms with Crippen molar-refractivity contribution in [3.05, 3.63) is 117 Å². The van der Waals surface area contributed by atoms with E-state index in [1.54, 1.807) is 0 Å². The molecule has 26 heteroatoms. The molecule has 0 aliphatic rings. The molecule has 0 unspecified atom stereocenters. The first-order valence-corrected chi connectivity index (χ1v) is 10.3. The van der Waals surface area contributed by atoms with E-state index in [-0.39, 0.29) is 29.2 Å². The van der Waals surface area contributed by atoms with E-state index >= 15 is 0 Å². The molecule has 43 heavy (non-hydrogen) atoms. The molecule has 220 valence electrons. The molecule has 0 amide bonds. The molecule has 0 aliphatic carbocycles. The summed E-state index contributed by atoms with van der Waals surface area (Å²) in [6, 6.07) is 0.573. The number of anilines is 3. The lowest BCUT2D eigenvalue weighted by molar-refractivity contribution is -0.422. The first-order chi connectivity index (χ1) is 20.0. The fraction of sp³-hybridized carbons (Fsp3) is 0. The Morgan fingerprint density at radius 2 is 0.791 bits per heavy atom. The van der Waals surface area contributed by atoms with E-state index in [0.29, 0.717) is 12.3 Å². The molecule has 0 fully saturated rings. The predicted molar refractivity (Wildman–Crippen MR) is 132 cm³/mol. The quantitative estimate of drug-likeness (QED) is 0.221. The number of nitro benzene ring substituents is 6. The van der Waals surface area contributed by atoms with Gasteiger partial charge in [-0.1, -0.05) is 0 Å². The minimum atomic E-state index is -1.77. The zero-order chi connectivity index (χ0) is 32.5. The molecule has 0 bridgehead atoms. The number of hydrogen-bond donors (Lipinski definition) is 0. The molecule has 1 heterocycles. The van der Waals surface area contributed by atoms with Crippen LogP contribution in [0.25, 0.3) is 0 Å². The summed E-state index contributed by atoms with van der Waals surface area (Å²) in [6.45, 7) is 0. The van der Waals surface area contributed by atoms with Gasteiger partial charge < -0.3 is 0 Å². The Hall–Kier alpha value is -7.41. The van der Waals surface area contributed by atoms with Gasteiger partial charge in [0.2, 0.25) is 17.2 Å². The Labute approximate surface area is 230 Å². The molecule has 1 aromatic heterocycles. The van der Waals surface area contributed by atoms with Crippen molar-refractivity contribution in [3.63, 3.8) is 0 Å². The number of nitrogens with zero attached hydrogens (tertiary/aromatic N) is 10. The zero-order valence-corrected chi connectivity index (χ0v) is 20.0. The molecule has 0 saturated heterocycles. The lowest BCUT2D eigenvalue weighted by Gasteiger charge is -2.22. The van der Waals surface area contributed by atoms with Crippen LogP contribution < -0.4 is 4.90 Å². The first-order valence-electron chi connectivity index (χ1n) is 10.3. The van der Waals surface area contributed by atoms with Crippen LogP contribution in [0.5, 0.6) is 0 Å². The molecule has 0 radical (unpaired) electrons. The van der Waals surface area contributed by atoms with Crippen LogP contribution in [0.15, 0.2) is 36.5 Å². The number of hydrogen-bond acceptors (Lipinski definition) is 18. The van der Waals surface area contributed by atoms with Crippen LogP contribution in [-0.4, -0.2) is 44.4 Å². The van der Waals surface area contributed by atoms with Gasteiger partial charge in [0, 0.05) is 12.3 Å². The van der Waals surface area contributed by atoms with E-state index < -0.39 is 102 Å². The second-order valence-corrected chi connectivity index (χ2v) is 7.56. The maximum Gasteiger partial charge on any atom is 0.388 e. The second-order valence-electron chi connectivity index (χ2n) is 7.56. The summed E-state index contributed by atoms with van der Waals surface area (Å²) in [6.07, 6.45) is 0.416. The molecule has 3 rings (SSSR count). The summed E-state index contributed by atoms with van der Waals surface area (Å²) >= 11 is 0. The van der Waals surface area contributed by atoms with Crippen molar-refractivity contribution >= 4 is 62.7 Å². The number of benzene rings is 2. The molecule has 0 spiro atoms. The van der Waals surface area contributed by atoms with Gasteiger partial charge in [-0.15, -0.1) is 0 Å². The van der Waals surface area contributed by atoms with Gasteiger partial charge in [0.1, 0.15) is 0 Å². The Balaban J connectivity index is 2.83. The second kappa shape index (κ2) is 11.0. The molecule has 0 atom stereocenters. The van der Waals surface area contributed by atoms with Gasteiger partial charge in [-0.2, -0.15) is 0 Å². The van der Waals surface area contributed by atoms with Crippen LogP contribution in [0, 0.1) is 80.9 Å². The third-order valence-electron chi connectivity index (χ3n) is 5.24. The average molecular weight is 606 g/mol. The van der Waals surface area contributed by atoms with Crippen molar-refractivity contribution in [3.8, 4) is 0 Å². The summed E-state index contributed by atoms with van der Waals surface area (Å²) < 4.78 is 0. The van der Waals surface area contributed by atoms with Crippen molar-refractivity contribution in [2.24, 2.45) is 0 Å². The normalized spacial score (nSPS) is 10.4. The van der Waals surface area contributed by atoms with E-state index in [0.717, 1.165) is 0 Å². The summed E-state index contributed by atoms with van der Waals surface area (Å²) in [5.74, 6) is -1.60. The minimum absolute atomic E-state index is 0.0432. The third-order valence-corrected chi connectivity index (χ3v) is 5.24. The molecule has 0 N–H and O–H groups in total. The predicted octanol–water partition coefficient (Wildman–Crippen LogP) is 3.82. The molecule has 2 aromatic carbocycles. The van der Waals surface area contributed by atoms with Gasteiger partial charge in [0.25, 0.3) is 11.4 Å². The van der Waals surface area contributed by atoms with E-state index in [1.807, 2.05) is 0 Å². The summed E-state index contributed by atoms with van der Waals surface area (Å²) in [5, 5.41) is 94.4. The summed E-state index contributed by atoms with van der Waals surface area (Å²) in [5.41, 5.74) is -16.1. The van der Waals surface area contributed by atoms with Crippen molar-refractivity contribution < 1.29 is 39.4 Å². The fourth-order valence-electron chi connectivity index (χ4n) is 3.65. The standard InChI is InChI=1S/C17H6N10O16/c28-20(29)7-3-10(23(34)35)14(11(4-7)24(36)37)19(17-16(27(42)43)9(22(32)33)1-2-18-17)15-12(25(38)39)5-8(21(30)31)6-13(15)26(40)41/h1-6H. The van der Waals surface area contributed by atoms with E-state index in [9.17, 15) is 80.9 Å². The monoisotopic (exact) mass is 606 g/mol. The zero-order valence-electron chi connectivity index (χ0n) is 20.0. The van der Waals surface area contributed by atoms with Crippen LogP contribution >= 0.6 is 0 Å². The summed E-state index contributed by atoms with van der Waals surface area (Å²) in [7, 11) is 0. The van der Waals surface area contributed by atoms with E-state index in [4.69, 9.17) is 0 Å². The molecule has 26 nitrogen and oxygen atoms in total. The van der Waals surface area contributed by atoms with Gasteiger partial charge in [-0.05, 0) is 0 Å². The highest BCUT2D eigenvalue weighted by Gasteiger charge is 2.46. The van der Waals surface area contributed by atoms with Crippen molar-refractivity contribution in [1.82, 2.24) is 4.98 Å². The summed E-state index contributed by atoms with van der Waals surface area (Å²) in [4.78, 5) is 85.7. The molecule has 0 saturated carbocycles. The molecule has 3 aromatic rings. The van der Waals surface area contributed by atoms with Crippen LogP contribution in [0.3, 0.4) is 0 Å². The SMILES string of the molecule is O=[N+]([O-])c1cc([N+](=O)[O-])c(N(c2nccc([N+](=O)[O-])c2[N+](=O)[O-])c2c([N+](=O)[O-])cc([N+](=O)[O-])cc2[N+](=O)[O-])c([N+](=O)[O-])c1. The van der Waals surface area contributed by atoms with Gasteiger partial charge in [0.05, 0.1) is 63.7 Å². The lowest BCUT2D eigenvalue weighted by atomic mass is 10.1. The molecule has 0 aliphatic heterocycles. The minimum Gasteiger partial charge on any atom is -0.265 e. The van der Waals surface area contributed by atoms with Gasteiger partial charge >= 0.3 is 34.1 Å². The van der Waals surface area contributed by atoms with Crippen molar-refractivity contribution in [2.75, 3.05) is 4.90 Å². The average Bonchev–Trinajstić information content (AvgIpc) is 2.91. The van der Waals surface area contributed by atoms with Crippen LogP contribution in [0.1, 0.15) is 0 Å². The highest BCUT2D eigenvalue weighted by atomic mass is 16.7. The molecular weight excluding hydrogens is 600 g/mol. The number of rotatable bonds is 11. The molecular formula is C17H6N10O16. The number of non-ortho nitro benzene ring substituents is 2. The lowest BCUT2D eigenvalue weighted by Crippen LogP contribution is -2.20. The van der Waals surface area contributed by atoms with Crippen molar-refractivity contribution in [2.45, 2.75) is 0 Å². The van der Waals surface area contributed by atoms with Crippen LogP contribution in [0.4, 0.5) is 62.7 Å². The highest BCUT2D eigenvalue weighted by molar-refractivity contribution is 5.97. The largest absolute Gasteiger partial charge is 0.388 e. The first kappa shape index (κ1) is 30.1. The maximum atomic E-state index is 12.0. The van der Waals surface area contributed by atoms with E-state index in [2.05, 4.69) is 4.98 Å².